The number of aromatic nitrogens is 1. The van der Waals surface area contributed by atoms with E-state index in [9.17, 15) is 0 Å². The summed E-state index contributed by atoms with van der Waals surface area (Å²) in [4.78, 5) is 8.20. The standard InChI is InChI=1S/C18H24N4O3.HI/c1-4-24-16-8-7-14(12-17(16)23-3)22-18(19-2)21-10-11-25-15-6-5-9-20-13-15;/h5-9,12-13H,4,10-11H2,1-3H3,(H2,19,21,22);1H. The van der Waals surface area contributed by atoms with Gasteiger partial charge in [0.25, 0.3) is 0 Å². The monoisotopic (exact) mass is 472 g/mol. The minimum Gasteiger partial charge on any atom is -0.493 e. The lowest BCUT2D eigenvalue weighted by Crippen LogP contribution is -2.33. The molecule has 0 aliphatic rings. The van der Waals surface area contributed by atoms with Crippen LogP contribution in [0.4, 0.5) is 5.69 Å². The molecule has 0 atom stereocenters. The van der Waals surface area contributed by atoms with Gasteiger partial charge in [0, 0.05) is 25.0 Å². The number of halogens is 1. The zero-order chi connectivity index (χ0) is 17.9. The molecule has 0 bridgehead atoms. The van der Waals surface area contributed by atoms with Crippen LogP contribution in [0.25, 0.3) is 0 Å². The normalized spacial score (nSPS) is 10.5. The Balaban J connectivity index is 0.00000338. The van der Waals surface area contributed by atoms with Gasteiger partial charge in [0.1, 0.15) is 12.4 Å². The molecule has 1 heterocycles. The fourth-order valence-electron chi connectivity index (χ4n) is 2.11. The third-order valence-electron chi connectivity index (χ3n) is 3.25. The molecule has 0 unspecified atom stereocenters. The Kier molecular flexibility index (Phi) is 10.2. The molecule has 0 aliphatic carbocycles. The molecule has 1 aromatic carbocycles. The molecule has 2 aromatic rings. The maximum atomic E-state index is 5.59. The van der Waals surface area contributed by atoms with Crippen molar-refractivity contribution in [3.8, 4) is 17.2 Å². The molecule has 7 nitrogen and oxygen atoms in total. The number of hydrogen-bond acceptors (Lipinski definition) is 5. The quantitative estimate of drug-likeness (QED) is 0.266. The first-order valence-corrected chi connectivity index (χ1v) is 8.08. The zero-order valence-corrected chi connectivity index (χ0v) is 17.5. The molecular formula is C18H25IN4O3. The van der Waals surface area contributed by atoms with Crippen molar-refractivity contribution >= 4 is 35.6 Å². The van der Waals surface area contributed by atoms with Gasteiger partial charge in [0.2, 0.25) is 0 Å². The van der Waals surface area contributed by atoms with Crippen LogP contribution in [0.2, 0.25) is 0 Å². The Labute approximate surface area is 171 Å². The van der Waals surface area contributed by atoms with Crippen molar-refractivity contribution in [2.24, 2.45) is 4.99 Å². The number of nitrogens with zero attached hydrogens (tertiary/aromatic N) is 2. The van der Waals surface area contributed by atoms with E-state index in [0.717, 1.165) is 11.4 Å². The molecule has 2 N–H and O–H groups in total. The Morgan fingerprint density at radius 3 is 2.69 bits per heavy atom. The van der Waals surface area contributed by atoms with Crippen molar-refractivity contribution in [2.75, 3.05) is 39.2 Å². The SMILES string of the molecule is CCOc1ccc(NC(=NC)NCCOc2cccnc2)cc1OC.I. The average Bonchev–Trinajstić information content (AvgIpc) is 2.66. The summed E-state index contributed by atoms with van der Waals surface area (Å²) in [7, 11) is 3.33. The highest BCUT2D eigenvalue weighted by molar-refractivity contribution is 14.0. The van der Waals surface area contributed by atoms with Crippen molar-refractivity contribution in [1.29, 1.82) is 0 Å². The zero-order valence-electron chi connectivity index (χ0n) is 15.2. The molecule has 0 aliphatic heterocycles. The maximum Gasteiger partial charge on any atom is 0.195 e. The second-order valence-electron chi connectivity index (χ2n) is 4.96. The summed E-state index contributed by atoms with van der Waals surface area (Å²) >= 11 is 0. The second kappa shape index (κ2) is 12.2. The molecule has 0 saturated carbocycles. The molecule has 8 heteroatoms. The van der Waals surface area contributed by atoms with Gasteiger partial charge >= 0.3 is 0 Å². The van der Waals surface area contributed by atoms with Crippen LogP contribution in [0.15, 0.2) is 47.7 Å². The van der Waals surface area contributed by atoms with Gasteiger partial charge < -0.3 is 24.8 Å². The van der Waals surface area contributed by atoms with Gasteiger partial charge in [-0.05, 0) is 31.2 Å². The molecule has 1 aromatic heterocycles. The van der Waals surface area contributed by atoms with Crippen molar-refractivity contribution in [1.82, 2.24) is 10.3 Å². The van der Waals surface area contributed by atoms with E-state index in [4.69, 9.17) is 14.2 Å². The minimum atomic E-state index is 0. The van der Waals surface area contributed by atoms with Crippen molar-refractivity contribution < 1.29 is 14.2 Å². The van der Waals surface area contributed by atoms with Gasteiger partial charge in [0.05, 0.1) is 26.5 Å². The number of guanidine groups is 1. The van der Waals surface area contributed by atoms with E-state index < -0.39 is 0 Å². The number of rotatable bonds is 8. The van der Waals surface area contributed by atoms with Crippen LogP contribution < -0.4 is 24.8 Å². The minimum absolute atomic E-state index is 0. The molecule has 142 valence electrons. The van der Waals surface area contributed by atoms with Crippen LogP contribution in [-0.4, -0.2) is 44.9 Å². The largest absolute Gasteiger partial charge is 0.493 e. The number of anilines is 1. The predicted molar refractivity (Wildman–Crippen MR) is 114 cm³/mol. The van der Waals surface area contributed by atoms with Gasteiger partial charge in [-0.3, -0.25) is 9.98 Å². The van der Waals surface area contributed by atoms with E-state index in [0.29, 0.717) is 37.2 Å². The van der Waals surface area contributed by atoms with E-state index in [1.165, 1.54) is 0 Å². The van der Waals surface area contributed by atoms with Gasteiger partial charge in [-0.15, -0.1) is 24.0 Å². The number of benzene rings is 1. The molecule has 2 rings (SSSR count). The Morgan fingerprint density at radius 1 is 1.19 bits per heavy atom. The number of ether oxygens (including phenoxy) is 3. The number of nitrogens with one attached hydrogen (secondary N) is 2. The predicted octanol–water partition coefficient (Wildman–Crippen LogP) is 3.17. The lowest BCUT2D eigenvalue weighted by molar-refractivity contribution is 0.311. The lowest BCUT2D eigenvalue weighted by Gasteiger charge is -2.14. The summed E-state index contributed by atoms with van der Waals surface area (Å²) in [5.74, 6) is 2.76. The first kappa shape index (κ1) is 21.8. The van der Waals surface area contributed by atoms with Gasteiger partial charge in [0.15, 0.2) is 17.5 Å². The van der Waals surface area contributed by atoms with Crippen LogP contribution in [0, 0.1) is 0 Å². The topological polar surface area (TPSA) is 77.0 Å². The number of methoxy groups -OCH3 is 1. The van der Waals surface area contributed by atoms with Crippen molar-refractivity contribution in [3.05, 3.63) is 42.7 Å². The van der Waals surface area contributed by atoms with Crippen LogP contribution in [-0.2, 0) is 0 Å². The molecule has 0 fully saturated rings. The first-order chi connectivity index (χ1) is 12.3. The highest BCUT2D eigenvalue weighted by Crippen LogP contribution is 2.30. The molecule has 26 heavy (non-hydrogen) atoms. The van der Waals surface area contributed by atoms with Crippen LogP contribution in [0.5, 0.6) is 17.2 Å². The third-order valence-corrected chi connectivity index (χ3v) is 3.25. The smallest absolute Gasteiger partial charge is 0.195 e. The summed E-state index contributed by atoms with van der Waals surface area (Å²) < 4.78 is 16.5. The molecule has 0 spiro atoms. The number of hydrogen-bond donors (Lipinski definition) is 2. The highest BCUT2D eigenvalue weighted by atomic mass is 127. The fraction of sp³-hybridized carbons (Fsp3) is 0.333. The summed E-state index contributed by atoms with van der Waals surface area (Å²) in [6, 6.07) is 9.34. The summed E-state index contributed by atoms with van der Waals surface area (Å²) in [5, 5.41) is 6.39. The van der Waals surface area contributed by atoms with E-state index in [2.05, 4.69) is 20.6 Å². The molecule has 0 radical (unpaired) electrons. The Hall–Kier alpha value is -2.23. The molecule has 0 saturated heterocycles. The van der Waals surface area contributed by atoms with E-state index in [-0.39, 0.29) is 24.0 Å². The highest BCUT2D eigenvalue weighted by Gasteiger charge is 2.06. The summed E-state index contributed by atoms with van der Waals surface area (Å²) in [6.07, 6.45) is 3.39. The van der Waals surface area contributed by atoms with Crippen molar-refractivity contribution in [2.45, 2.75) is 6.92 Å². The lowest BCUT2D eigenvalue weighted by atomic mass is 10.2. The molecular weight excluding hydrogens is 447 g/mol. The summed E-state index contributed by atoms with van der Waals surface area (Å²) in [6.45, 7) is 3.62. The Bertz CT molecular complexity index is 683. The summed E-state index contributed by atoms with van der Waals surface area (Å²) in [5.41, 5.74) is 0.849. The Morgan fingerprint density at radius 2 is 2.04 bits per heavy atom. The number of pyridine rings is 1. The first-order valence-electron chi connectivity index (χ1n) is 8.08. The van der Waals surface area contributed by atoms with Gasteiger partial charge in [-0.1, -0.05) is 0 Å². The van der Waals surface area contributed by atoms with E-state index in [1.807, 2.05) is 37.3 Å². The van der Waals surface area contributed by atoms with Crippen LogP contribution >= 0.6 is 24.0 Å². The van der Waals surface area contributed by atoms with Gasteiger partial charge in [-0.2, -0.15) is 0 Å². The van der Waals surface area contributed by atoms with Crippen molar-refractivity contribution in [3.63, 3.8) is 0 Å². The number of aliphatic imine (C=N–C) groups is 1. The maximum absolute atomic E-state index is 5.59. The van der Waals surface area contributed by atoms with E-state index >= 15 is 0 Å². The van der Waals surface area contributed by atoms with Gasteiger partial charge in [-0.25, -0.2) is 0 Å². The molecule has 0 amide bonds. The fourth-order valence-corrected chi connectivity index (χ4v) is 2.11. The third kappa shape index (κ3) is 6.95. The van der Waals surface area contributed by atoms with Crippen LogP contribution in [0.3, 0.4) is 0 Å². The van der Waals surface area contributed by atoms with E-state index in [1.54, 1.807) is 26.6 Å². The van der Waals surface area contributed by atoms with Crippen LogP contribution in [0.1, 0.15) is 6.92 Å². The second-order valence-corrected chi connectivity index (χ2v) is 4.96. The average molecular weight is 472 g/mol.